The maximum absolute atomic E-state index is 4.25. The normalized spacial score (nSPS) is 10.9. The van der Waals surface area contributed by atoms with Gasteiger partial charge in [0.1, 0.15) is 5.65 Å². The lowest BCUT2D eigenvalue weighted by atomic mass is 10.2. The quantitative estimate of drug-likeness (QED) is 0.624. The number of rotatable bonds is 3. The van der Waals surface area contributed by atoms with Crippen LogP contribution >= 0.6 is 0 Å². The molecule has 1 aromatic carbocycles. The van der Waals surface area contributed by atoms with Gasteiger partial charge in [-0.2, -0.15) is 5.10 Å². The van der Waals surface area contributed by atoms with Crippen LogP contribution in [0.4, 0.5) is 11.4 Å². The summed E-state index contributed by atoms with van der Waals surface area (Å²) in [6.45, 7) is 0. The summed E-state index contributed by atoms with van der Waals surface area (Å²) in [5.41, 5.74) is 3.99. The van der Waals surface area contributed by atoms with E-state index >= 15 is 0 Å². The van der Waals surface area contributed by atoms with E-state index in [0.29, 0.717) is 0 Å². The molecule has 0 aliphatic carbocycles. The van der Waals surface area contributed by atoms with E-state index in [0.717, 1.165) is 22.7 Å². The standard InChI is InChI=1S/C16H13N5/c1-3-13(11-15(4-1)21-9-2-7-18-21)19-14-5-6-16-17-8-10-20(16)12-14/h1-12,19H. The first kappa shape index (κ1) is 11.7. The Morgan fingerprint density at radius 2 is 1.90 bits per heavy atom. The molecule has 4 aromatic rings. The summed E-state index contributed by atoms with van der Waals surface area (Å²) in [6, 6.07) is 14.0. The Kier molecular flexibility index (Phi) is 2.67. The van der Waals surface area contributed by atoms with Crippen LogP contribution in [0.1, 0.15) is 0 Å². The third-order valence-electron chi connectivity index (χ3n) is 3.29. The first-order chi connectivity index (χ1) is 10.4. The number of hydrogen-bond acceptors (Lipinski definition) is 3. The Hall–Kier alpha value is -3.08. The van der Waals surface area contributed by atoms with Crippen molar-refractivity contribution in [2.75, 3.05) is 5.32 Å². The van der Waals surface area contributed by atoms with Crippen molar-refractivity contribution in [3.63, 3.8) is 0 Å². The molecule has 3 aromatic heterocycles. The van der Waals surface area contributed by atoms with Crippen molar-refractivity contribution in [2.45, 2.75) is 0 Å². The number of anilines is 2. The number of fused-ring (bicyclic) bond motifs is 1. The van der Waals surface area contributed by atoms with Gasteiger partial charge in [0.25, 0.3) is 0 Å². The summed E-state index contributed by atoms with van der Waals surface area (Å²) in [5, 5.41) is 7.64. The van der Waals surface area contributed by atoms with E-state index in [2.05, 4.69) is 21.5 Å². The highest BCUT2D eigenvalue weighted by atomic mass is 15.3. The van der Waals surface area contributed by atoms with Crippen molar-refractivity contribution in [3.8, 4) is 5.69 Å². The lowest BCUT2D eigenvalue weighted by Gasteiger charge is -2.09. The van der Waals surface area contributed by atoms with E-state index < -0.39 is 0 Å². The molecule has 1 N–H and O–H groups in total. The molecule has 0 radical (unpaired) electrons. The number of benzene rings is 1. The molecule has 3 heterocycles. The lowest BCUT2D eigenvalue weighted by molar-refractivity contribution is 0.881. The molecule has 0 fully saturated rings. The van der Waals surface area contributed by atoms with Crippen molar-refractivity contribution in [1.82, 2.24) is 19.2 Å². The van der Waals surface area contributed by atoms with Gasteiger partial charge in [0.05, 0.1) is 11.4 Å². The first-order valence-corrected chi connectivity index (χ1v) is 6.68. The molecule has 0 bridgehead atoms. The molecule has 102 valence electrons. The Balaban J connectivity index is 1.66. The predicted molar refractivity (Wildman–Crippen MR) is 82.0 cm³/mol. The van der Waals surface area contributed by atoms with E-state index in [1.54, 1.807) is 12.4 Å². The van der Waals surface area contributed by atoms with Crippen LogP contribution in [0.25, 0.3) is 11.3 Å². The maximum Gasteiger partial charge on any atom is 0.136 e. The van der Waals surface area contributed by atoms with Crippen molar-refractivity contribution in [2.24, 2.45) is 0 Å². The fourth-order valence-corrected chi connectivity index (χ4v) is 2.31. The van der Waals surface area contributed by atoms with Gasteiger partial charge in [-0.1, -0.05) is 6.07 Å². The van der Waals surface area contributed by atoms with Crippen molar-refractivity contribution in [3.05, 3.63) is 73.4 Å². The third kappa shape index (κ3) is 2.25. The molecule has 0 saturated carbocycles. The van der Waals surface area contributed by atoms with E-state index in [-0.39, 0.29) is 0 Å². The highest BCUT2D eigenvalue weighted by Crippen LogP contribution is 2.19. The minimum Gasteiger partial charge on any atom is -0.354 e. The summed E-state index contributed by atoms with van der Waals surface area (Å²) in [6.07, 6.45) is 9.44. The summed E-state index contributed by atoms with van der Waals surface area (Å²) >= 11 is 0. The van der Waals surface area contributed by atoms with Crippen LogP contribution in [0, 0.1) is 0 Å². The van der Waals surface area contributed by atoms with E-state index in [1.165, 1.54) is 0 Å². The molecule has 0 unspecified atom stereocenters. The van der Waals surface area contributed by atoms with E-state index in [4.69, 9.17) is 0 Å². The second-order valence-corrected chi connectivity index (χ2v) is 4.74. The number of nitrogens with one attached hydrogen (secondary N) is 1. The van der Waals surface area contributed by atoms with Gasteiger partial charge in [-0.25, -0.2) is 9.67 Å². The van der Waals surface area contributed by atoms with E-state index in [9.17, 15) is 0 Å². The van der Waals surface area contributed by atoms with Gasteiger partial charge in [-0.15, -0.1) is 0 Å². The highest BCUT2D eigenvalue weighted by Gasteiger charge is 2.00. The van der Waals surface area contributed by atoms with Crippen LogP contribution in [0.15, 0.2) is 73.4 Å². The second kappa shape index (κ2) is 4.79. The summed E-state index contributed by atoms with van der Waals surface area (Å²) in [7, 11) is 0. The number of aromatic nitrogens is 4. The average molecular weight is 275 g/mol. The molecule has 0 atom stereocenters. The van der Waals surface area contributed by atoms with Gasteiger partial charge in [0.15, 0.2) is 0 Å². The van der Waals surface area contributed by atoms with Crippen LogP contribution in [-0.2, 0) is 0 Å². The molecular weight excluding hydrogens is 262 g/mol. The molecule has 0 amide bonds. The average Bonchev–Trinajstić information content (AvgIpc) is 3.18. The van der Waals surface area contributed by atoms with Crippen molar-refractivity contribution in [1.29, 1.82) is 0 Å². The van der Waals surface area contributed by atoms with Crippen molar-refractivity contribution >= 4 is 17.0 Å². The van der Waals surface area contributed by atoms with Crippen molar-refractivity contribution < 1.29 is 0 Å². The number of nitrogens with zero attached hydrogens (tertiary/aromatic N) is 4. The van der Waals surface area contributed by atoms with Crippen LogP contribution in [-0.4, -0.2) is 19.2 Å². The van der Waals surface area contributed by atoms with Gasteiger partial charge in [0.2, 0.25) is 0 Å². The smallest absolute Gasteiger partial charge is 0.136 e. The Morgan fingerprint density at radius 1 is 0.905 bits per heavy atom. The van der Waals surface area contributed by atoms with Crippen LogP contribution in [0.2, 0.25) is 0 Å². The van der Waals surface area contributed by atoms with Gasteiger partial charge < -0.3 is 9.72 Å². The summed E-state index contributed by atoms with van der Waals surface area (Å²) in [4.78, 5) is 4.24. The molecule has 5 heteroatoms. The molecule has 0 saturated heterocycles. The van der Waals surface area contributed by atoms with Gasteiger partial charge in [-0.3, -0.25) is 0 Å². The largest absolute Gasteiger partial charge is 0.354 e. The number of hydrogen-bond donors (Lipinski definition) is 1. The zero-order chi connectivity index (χ0) is 14.1. The molecule has 4 rings (SSSR count). The molecule has 0 aliphatic rings. The summed E-state index contributed by atoms with van der Waals surface area (Å²) < 4.78 is 3.82. The maximum atomic E-state index is 4.25. The highest BCUT2D eigenvalue weighted by molar-refractivity contribution is 5.63. The molecule has 21 heavy (non-hydrogen) atoms. The Morgan fingerprint density at radius 3 is 2.81 bits per heavy atom. The molecular formula is C16H13N5. The van der Waals surface area contributed by atoms with Gasteiger partial charge in [0, 0.05) is 36.7 Å². The summed E-state index contributed by atoms with van der Waals surface area (Å²) in [5.74, 6) is 0. The SMILES string of the molecule is c1cc(Nc2ccc3nccn3c2)cc(-n2cccn2)c1. The molecule has 0 spiro atoms. The zero-order valence-electron chi connectivity index (χ0n) is 11.2. The Bertz CT molecular complexity index is 876. The lowest BCUT2D eigenvalue weighted by Crippen LogP contribution is -1.97. The minimum absolute atomic E-state index is 0.936. The topological polar surface area (TPSA) is 47.2 Å². The van der Waals surface area contributed by atoms with Gasteiger partial charge >= 0.3 is 0 Å². The number of pyridine rings is 1. The monoisotopic (exact) mass is 275 g/mol. The molecule has 0 aliphatic heterocycles. The van der Waals surface area contributed by atoms with Crippen LogP contribution < -0.4 is 5.32 Å². The predicted octanol–water partition coefficient (Wildman–Crippen LogP) is 3.26. The Labute approximate surface area is 121 Å². The van der Waals surface area contributed by atoms with E-state index in [1.807, 2.05) is 64.1 Å². The fourth-order valence-electron chi connectivity index (χ4n) is 2.31. The second-order valence-electron chi connectivity index (χ2n) is 4.74. The van der Waals surface area contributed by atoms with Crippen LogP contribution in [0.5, 0.6) is 0 Å². The first-order valence-electron chi connectivity index (χ1n) is 6.68. The number of imidazole rings is 1. The fraction of sp³-hybridized carbons (Fsp3) is 0. The molecule has 5 nitrogen and oxygen atoms in total. The third-order valence-corrected chi connectivity index (χ3v) is 3.29. The van der Waals surface area contributed by atoms with Crippen LogP contribution in [0.3, 0.4) is 0 Å². The zero-order valence-corrected chi connectivity index (χ0v) is 11.2. The van der Waals surface area contributed by atoms with Gasteiger partial charge in [-0.05, 0) is 36.4 Å². The minimum atomic E-state index is 0.936.